The van der Waals surface area contributed by atoms with E-state index >= 15 is 0 Å². The summed E-state index contributed by atoms with van der Waals surface area (Å²) in [5, 5.41) is 0. The highest BCUT2D eigenvalue weighted by Gasteiger charge is 2.36. The Labute approximate surface area is 144 Å². The van der Waals surface area contributed by atoms with E-state index in [-0.39, 0.29) is 11.7 Å². The van der Waals surface area contributed by atoms with Crippen molar-refractivity contribution in [3.05, 3.63) is 71.3 Å². The van der Waals surface area contributed by atoms with Gasteiger partial charge in [0.1, 0.15) is 18.2 Å². The summed E-state index contributed by atoms with van der Waals surface area (Å²) < 4.78 is 18.4. The molecule has 1 aliphatic heterocycles. The van der Waals surface area contributed by atoms with Gasteiger partial charge in [-0.3, -0.25) is 0 Å². The fourth-order valence-corrected chi connectivity index (χ4v) is 3.06. The lowest BCUT2D eigenvalue weighted by Gasteiger charge is -2.31. The van der Waals surface area contributed by atoms with Crippen molar-refractivity contribution in [2.45, 2.75) is 12.8 Å². The van der Waals surface area contributed by atoms with Crippen molar-refractivity contribution in [3.8, 4) is 11.8 Å². The fraction of sp³-hybridized carbons (Fsp3) is 0.200. The monoisotopic (exact) mass is 334 g/mol. The second-order valence-corrected chi connectivity index (χ2v) is 5.98. The Morgan fingerprint density at radius 3 is 2.88 bits per heavy atom. The van der Waals surface area contributed by atoms with E-state index in [1.54, 1.807) is 30.5 Å². The Balaban J connectivity index is 1.57. The molecule has 2 aromatic rings. The molecule has 1 aliphatic carbocycles. The molecule has 1 aromatic heterocycles. The van der Waals surface area contributed by atoms with Gasteiger partial charge < -0.3 is 4.74 Å². The number of fused-ring (bicyclic) bond motifs is 1. The third-order valence-corrected chi connectivity index (χ3v) is 4.29. The summed E-state index contributed by atoms with van der Waals surface area (Å²) in [5.74, 6) is 6.31. The van der Waals surface area contributed by atoms with E-state index in [0.29, 0.717) is 23.6 Å². The fourth-order valence-electron chi connectivity index (χ4n) is 3.06. The number of halogens is 1. The van der Waals surface area contributed by atoms with Crippen LogP contribution in [0.25, 0.3) is 0 Å². The Bertz CT molecular complexity index is 909. The largest absolute Gasteiger partial charge is 0.448 e. The molecule has 0 radical (unpaired) electrons. The van der Waals surface area contributed by atoms with E-state index in [1.165, 1.54) is 17.0 Å². The molecule has 4 nitrogen and oxygen atoms in total. The van der Waals surface area contributed by atoms with Gasteiger partial charge in [0, 0.05) is 28.9 Å². The SMILES string of the molecule is O=C1OC[C@H]2CCC=C2N1c1ccc(C#Cc2cccc(F)c2)cn1. The number of cyclic esters (lactones) is 1. The van der Waals surface area contributed by atoms with Crippen LogP contribution in [0.15, 0.2) is 54.4 Å². The third kappa shape index (κ3) is 3.11. The lowest BCUT2D eigenvalue weighted by molar-refractivity contribution is 0.127. The first kappa shape index (κ1) is 15.4. The van der Waals surface area contributed by atoms with Crippen LogP contribution in [0.3, 0.4) is 0 Å². The first-order chi connectivity index (χ1) is 12.2. The average Bonchev–Trinajstić information content (AvgIpc) is 3.09. The van der Waals surface area contributed by atoms with Crippen molar-refractivity contribution >= 4 is 11.9 Å². The smallest absolute Gasteiger partial charge is 0.419 e. The van der Waals surface area contributed by atoms with Gasteiger partial charge in [0.15, 0.2) is 0 Å². The lowest BCUT2D eigenvalue weighted by Crippen LogP contribution is -2.40. The zero-order chi connectivity index (χ0) is 17.2. The van der Waals surface area contributed by atoms with E-state index in [1.807, 2.05) is 0 Å². The molecular formula is C20H15FN2O2. The Morgan fingerprint density at radius 1 is 1.20 bits per heavy atom. The Hall–Kier alpha value is -3.13. The number of carbonyl (C=O) groups excluding carboxylic acids is 1. The van der Waals surface area contributed by atoms with Crippen molar-refractivity contribution in [2.75, 3.05) is 11.5 Å². The summed E-state index contributed by atoms with van der Waals surface area (Å²) in [7, 11) is 0. The maximum Gasteiger partial charge on any atom is 0.419 e. The zero-order valence-electron chi connectivity index (χ0n) is 13.4. The minimum Gasteiger partial charge on any atom is -0.448 e. The number of aromatic nitrogens is 1. The molecule has 1 aromatic carbocycles. The highest BCUT2D eigenvalue weighted by Crippen LogP contribution is 2.35. The molecule has 2 aliphatic rings. The number of pyridine rings is 1. The van der Waals surface area contributed by atoms with Crippen LogP contribution in [-0.2, 0) is 4.74 Å². The molecule has 124 valence electrons. The van der Waals surface area contributed by atoms with Crippen LogP contribution in [0.4, 0.5) is 15.0 Å². The molecule has 25 heavy (non-hydrogen) atoms. The summed E-state index contributed by atoms with van der Waals surface area (Å²) in [6.45, 7) is 0.443. The summed E-state index contributed by atoms with van der Waals surface area (Å²) >= 11 is 0. The highest BCUT2D eigenvalue weighted by molar-refractivity contribution is 5.91. The van der Waals surface area contributed by atoms with Crippen LogP contribution < -0.4 is 4.90 Å². The number of anilines is 1. The number of rotatable bonds is 1. The molecular weight excluding hydrogens is 319 g/mol. The van der Waals surface area contributed by atoms with Crippen LogP contribution in [0.2, 0.25) is 0 Å². The number of hydrogen-bond acceptors (Lipinski definition) is 3. The summed E-state index contributed by atoms with van der Waals surface area (Å²) in [4.78, 5) is 18.0. The van der Waals surface area contributed by atoms with Gasteiger partial charge in [-0.25, -0.2) is 19.1 Å². The molecule has 1 saturated heterocycles. The number of amides is 1. The molecule has 2 heterocycles. The van der Waals surface area contributed by atoms with Crippen molar-refractivity contribution < 1.29 is 13.9 Å². The number of hydrogen-bond donors (Lipinski definition) is 0. The Kier molecular flexibility index (Phi) is 3.95. The maximum atomic E-state index is 13.2. The van der Waals surface area contributed by atoms with E-state index in [9.17, 15) is 9.18 Å². The highest BCUT2D eigenvalue weighted by atomic mass is 19.1. The molecule has 0 N–H and O–H groups in total. The average molecular weight is 334 g/mol. The number of carbonyl (C=O) groups is 1. The molecule has 1 fully saturated rings. The van der Waals surface area contributed by atoms with Crippen molar-refractivity contribution in [1.29, 1.82) is 0 Å². The standard InChI is InChI=1S/C20H15FN2O2/c21-17-5-1-3-14(11-17)7-8-15-9-10-19(22-12-15)23-18-6-2-4-16(18)13-25-20(23)24/h1,3,5-6,9-12,16H,2,4,13H2/t16-/m1/s1. The van der Waals surface area contributed by atoms with Gasteiger partial charge in [-0.2, -0.15) is 0 Å². The molecule has 1 atom stereocenters. The second-order valence-electron chi connectivity index (χ2n) is 5.98. The van der Waals surface area contributed by atoms with Gasteiger partial charge >= 0.3 is 6.09 Å². The van der Waals surface area contributed by atoms with Gasteiger partial charge in [0.2, 0.25) is 0 Å². The van der Waals surface area contributed by atoms with Crippen LogP contribution >= 0.6 is 0 Å². The van der Waals surface area contributed by atoms with Gasteiger partial charge in [-0.05, 0) is 43.2 Å². The lowest BCUT2D eigenvalue weighted by atomic mass is 10.1. The van der Waals surface area contributed by atoms with Crippen molar-refractivity contribution in [1.82, 2.24) is 4.98 Å². The van der Waals surface area contributed by atoms with Gasteiger partial charge in [-0.1, -0.05) is 24.0 Å². The number of benzene rings is 1. The first-order valence-electron chi connectivity index (χ1n) is 8.11. The van der Waals surface area contributed by atoms with Crippen molar-refractivity contribution in [2.24, 2.45) is 5.92 Å². The zero-order valence-corrected chi connectivity index (χ0v) is 13.4. The molecule has 0 unspecified atom stereocenters. The van der Waals surface area contributed by atoms with E-state index < -0.39 is 6.09 Å². The molecule has 1 amide bonds. The quantitative estimate of drug-likeness (QED) is 0.744. The summed E-state index contributed by atoms with van der Waals surface area (Å²) in [5.41, 5.74) is 2.26. The normalized spacial score (nSPS) is 18.8. The van der Waals surface area contributed by atoms with E-state index in [4.69, 9.17) is 4.74 Å². The number of ether oxygens (including phenoxy) is 1. The van der Waals surface area contributed by atoms with Crippen LogP contribution in [0.1, 0.15) is 24.0 Å². The van der Waals surface area contributed by atoms with E-state index in [2.05, 4.69) is 22.9 Å². The predicted octanol–water partition coefficient (Wildman–Crippen LogP) is 3.87. The molecule has 4 rings (SSSR count). The summed E-state index contributed by atoms with van der Waals surface area (Å²) in [6.07, 6.45) is 5.23. The van der Waals surface area contributed by atoms with Gasteiger partial charge in [-0.15, -0.1) is 0 Å². The molecule has 0 spiro atoms. The minimum absolute atomic E-state index is 0.256. The van der Waals surface area contributed by atoms with Gasteiger partial charge in [0.25, 0.3) is 0 Å². The minimum atomic E-state index is -0.393. The van der Waals surface area contributed by atoms with Crippen LogP contribution in [0.5, 0.6) is 0 Å². The second kappa shape index (κ2) is 6.40. The Morgan fingerprint density at radius 2 is 2.08 bits per heavy atom. The van der Waals surface area contributed by atoms with Gasteiger partial charge in [0.05, 0.1) is 0 Å². The van der Waals surface area contributed by atoms with Crippen LogP contribution in [-0.4, -0.2) is 17.7 Å². The summed E-state index contributed by atoms with van der Waals surface area (Å²) in [6, 6.07) is 9.66. The predicted molar refractivity (Wildman–Crippen MR) is 91.3 cm³/mol. The number of nitrogens with zero attached hydrogens (tertiary/aromatic N) is 2. The van der Waals surface area contributed by atoms with Crippen LogP contribution in [0, 0.1) is 23.6 Å². The van der Waals surface area contributed by atoms with E-state index in [0.717, 1.165) is 18.5 Å². The van der Waals surface area contributed by atoms with Crippen molar-refractivity contribution in [3.63, 3.8) is 0 Å². The number of allylic oxidation sites excluding steroid dienone is 1. The topological polar surface area (TPSA) is 42.4 Å². The first-order valence-corrected chi connectivity index (χ1v) is 8.11. The third-order valence-electron chi connectivity index (χ3n) is 4.29. The maximum absolute atomic E-state index is 13.2. The molecule has 0 saturated carbocycles. The molecule has 5 heteroatoms. The molecule has 0 bridgehead atoms.